The number of anilines is 1. The second kappa shape index (κ2) is 12.0. The minimum absolute atomic E-state index is 0.711. The van der Waals surface area contributed by atoms with E-state index < -0.39 is 0 Å². The van der Waals surface area contributed by atoms with Crippen molar-refractivity contribution >= 4 is 5.69 Å². The Morgan fingerprint density at radius 3 is 2.06 bits per heavy atom. The summed E-state index contributed by atoms with van der Waals surface area (Å²) in [6.45, 7) is 6.25. The summed E-state index contributed by atoms with van der Waals surface area (Å²) in [7, 11) is 0. The molecule has 0 atom stereocenters. The van der Waals surface area contributed by atoms with Gasteiger partial charge in [-0.1, -0.05) is 20.3 Å². The highest BCUT2D eigenvalue weighted by Gasteiger charge is 1.95. The van der Waals surface area contributed by atoms with E-state index in [-0.39, 0.29) is 0 Å². The molecule has 0 spiro atoms. The van der Waals surface area contributed by atoms with Crippen LogP contribution in [0.15, 0.2) is 24.5 Å². The fourth-order valence-electron chi connectivity index (χ4n) is 1.06. The van der Waals surface area contributed by atoms with Gasteiger partial charge in [-0.05, 0) is 31.4 Å². The van der Waals surface area contributed by atoms with Gasteiger partial charge in [-0.2, -0.15) is 0 Å². The van der Waals surface area contributed by atoms with Gasteiger partial charge >= 0.3 is 0 Å². The third-order valence-corrected chi connectivity index (χ3v) is 1.76. The van der Waals surface area contributed by atoms with Gasteiger partial charge in [-0.25, -0.2) is 0 Å². The van der Waals surface area contributed by atoms with Crippen LogP contribution in [0.5, 0.6) is 0 Å². The van der Waals surface area contributed by atoms with Gasteiger partial charge in [-0.15, -0.1) is 0 Å². The number of nitrogens with zero attached hydrogens (tertiary/aromatic N) is 1. The zero-order valence-electron chi connectivity index (χ0n) is 10.5. The van der Waals surface area contributed by atoms with Crippen LogP contribution in [0.25, 0.3) is 0 Å². The van der Waals surface area contributed by atoms with Gasteiger partial charge in [0, 0.05) is 25.6 Å². The molecule has 0 amide bonds. The summed E-state index contributed by atoms with van der Waals surface area (Å²) in [5, 5.41) is 0. The molecule has 2 heterocycles. The van der Waals surface area contributed by atoms with Crippen LogP contribution in [0, 0.1) is 0 Å². The number of rotatable bonds is 0. The minimum atomic E-state index is 0.711. The van der Waals surface area contributed by atoms with Crippen LogP contribution in [-0.2, 0) is 4.74 Å². The van der Waals surface area contributed by atoms with Gasteiger partial charge in [0.05, 0.1) is 5.69 Å². The molecular weight excluding hydrogens is 200 g/mol. The Morgan fingerprint density at radius 1 is 1.25 bits per heavy atom. The Morgan fingerprint density at radius 2 is 1.88 bits per heavy atom. The Balaban J connectivity index is 0.000000230. The van der Waals surface area contributed by atoms with Crippen LogP contribution in [0.1, 0.15) is 39.5 Å². The van der Waals surface area contributed by atoms with E-state index in [1.54, 1.807) is 24.5 Å². The largest absolute Gasteiger partial charge is 0.397 e. The molecule has 1 fully saturated rings. The van der Waals surface area contributed by atoms with Crippen molar-refractivity contribution in [2.45, 2.75) is 39.5 Å². The van der Waals surface area contributed by atoms with Crippen molar-refractivity contribution in [3.8, 4) is 0 Å². The van der Waals surface area contributed by atoms with E-state index in [0.717, 1.165) is 13.2 Å². The number of aromatic nitrogens is 1. The van der Waals surface area contributed by atoms with E-state index in [4.69, 9.17) is 10.5 Å². The SMILES string of the molecule is C1CCOCC1.CCC.Nc1cccnc1. The molecule has 1 aliphatic heterocycles. The predicted molar refractivity (Wildman–Crippen MR) is 69.3 cm³/mol. The lowest BCUT2D eigenvalue weighted by atomic mass is 10.2. The zero-order chi connectivity index (χ0) is 12.1. The van der Waals surface area contributed by atoms with Crippen molar-refractivity contribution in [2.24, 2.45) is 0 Å². The Hall–Kier alpha value is -1.09. The Bertz CT molecular complexity index is 211. The molecule has 0 aliphatic carbocycles. The normalized spacial score (nSPS) is 13.9. The van der Waals surface area contributed by atoms with Gasteiger partial charge in [0.2, 0.25) is 0 Å². The molecule has 0 unspecified atom stereocenters. The molecular formula is C13H24N2O. The summed E-state index contributed by atoms with van der Waals surface area (Å²) in [5.74, 6) is 0. The first-order valence-corrected chi connectivity index (χ1v) is 6.04. The molecule has 16 heavy (non-hydrogen) atoms. The second-order valence-corrected chi connectivity index (χ2v) is 3.67. The average molecular weight is 224 g/mol. The zero-order valence-corrected chi connectivity index (χ0v) is 10.5. The molecule has 0 aromatic carbocycles. The van der Waals surface area contributed by atoms with Crippen molar-refractivity contribution in [3.05, 3.63) is 24.5 Å². The number of hydrogen-bond donors (Lipinski definition) is 1. The minimum Gasteiger partial charge on any atom is -0.397 e. The van der Waals surface area contributed by atoms with E-state index in [1.807, 2.05) is 0 Å². The maximum atomic E-state index is 5.30. The molecule has 1 aliphatic rings. The third-order valence-electron chi connectivity index (χ3n) is 1.76. The van der Waals surface area contributed by atoms with E-state index in [1.165, 1.54) is 25.7 Å². The summed E-state index contributed by atoms with van der Waals surface area (Å²) in [5.41, 5.74) is 6.01. The van der Waals surface area contributed by atoms with Gasteiger partial charge < -0.3 is 10.5 Å². The first-order valence-electron chi connectivity index (χ1n) is 6.04. The van der Waals surface area contributed by atoms with Crippen molar-refractivity contribution in [2.75, 3.05) is 18.9 Å². The smallest absolute Gasteiger partial charge is 0.0500 e. The van der Waals surface area contributed by atoms with Crippen molar-refractivity contribution in [1.29, 1.82) is 0 Å². The highest BCUT2D eigenvalue weighted by atomic mass is 16.5. The molecule has 2 rings (SSSR count). The van der Waals surface area contributed by atoms with Gasteiger partial charge in [-0.3, -0.25) is 4.98 Å². The highest BCUT2D eigenvalue weighted by Crippen LogP contribution is 2.02. The molecule has 1 saturated heterocycles. The lowest BCUT2D eigenvalue weighted by Gasteiger charge is -2.08. The molecule has 0 saturated carbocycles. The van der Waals surface area contributed by atoms with E-state index in [0.29, 0.717) is 5.69 Å². The Kier molecular flexibility index (Phi) is 11.2. The van der Waals surface area contributed by atoms with Crippen LogP contribution < -0.4 is 5.73 Å². The van der Waals surface area contributed by atoms with Gasteiger partial charge in [0.15, 0.2) is 0 Å². The third kappa shape index (κ3) is 11.0. The lowest BCUT2D eigenvalue weighted by Crippen LogP contribution is -2.03. The number of nitrogen functional groups attached to an aromatic ring is 1. The molecule has 0 bridgehead atoms. The number of pyridine rings is 1. The van der Waals surface area contributed by atoms with Gasteiger partial charge in [0.1, 0.15) is 0 Å². The summed E-state index contributed by atoms with van der Waals surface area (Å²) in [6.07, 6.45) is 8.48. The van der Waals surface area contributed by atoms with Crippen molar-refractivity contribution in [1.82, 2.24) is 4.98 Å². The summed E-state index contributed by atoms with van der Waals surface area (Å²) in [4.78, 5) is 3.76. The summed E-state index contributed by atoms with van der Waals surface area (Å²) < 4.78 is 5.07. The predicted octanol–water partition coefficient (Wildman–Crippen LogP) is 3.27. The van der Waals surface area contributed by atoms with Crippen LogP contribution in [0.3, 0.4) is 0 Å². The molecule has 1 aromatic heterocycles. The second-order valence-electron chi connectivity index (χ2n) is 3.67. The summed E-state index contributed by atoms with van der Waals surface area (Å²) in [6, 6.07) is 3.60. The average Bonchev–Trinajstić information content (AvgIpc) is 2.34. The number of hydrogen-bond acceptors (Lipinski definition) is 3. The molecule has 3 heteroatoms. The number of nitrogens with two attached hydrogens (primary N) is 1. The number of ether oxygens (including phenoxy) is 1. The van der Waals surface area contributed by atoms with Crippen molar-refractivity contribution < 1.29 is 4.74 Å². The van der Waals surface area contributed by atoms with E-state index in [9.17, 15) is 0 Å². The van der Waals surface area contributed by atoms with Crippen LogP contribution in [0.4, 0.5) is 5.69 Å². The molecule has 92 valence electrons. The maximum Gasteiger partial charge on any atom is 0.0500 e. The quantitative estimate of drug-likeness (QED) is 0.735. The van der Waals surface area contributed by atoms with Crippen LogP contribution in [-0.4, -0.2) is 18.2 Å². The highest BCUT2D eigenvalue weighted by molar-refractivity contribution is 5.32. The molecule has 2 N–H and O–H groups in total. The fraction of sp³-hybridized carbons (Fsp3) is 0.615. The van der Waals surface area contributed by atoms with Crippen LogP contribution >= 0.6 is 0 Å². The molecule has 3 nitrogen and oxygen atoms in total. The topological polar surface area (TPSA) is 48.1 Å². The first kappa shape index (κ1) is 14.9. The molecule has 0 radical (unpaired) electrons. The van der Waals surface area contributed by atoms with Gasteiger partial charge in [0.25, 0.3) is 0 Å². The molecule has 1 aromatic rings. The van der Waals surface area contributed by atoms with Crippen molar-refractivity contribution in [3.63, 3.8) is 0 Å². The standard InChI is InChI=1S/C5H6N2.C5H10O.C3H8/c6-5-2-1-3-7-4-5;1-2-4-6-5-3-1;1-3-2/h1-4H,6H2;1-5H2;3H2,1-2H3. The lowest BCUT2D eigenvalue weighted by molar-refractivity contribution is 0.0968. The monoisotopic (exact) mass is 224 g/mol. The van der Waals surface area contributed by atoms with E-state index in [2.05, 4.69) is 18.8 Å². The summed E-state index contributed by atoms with van der Waals surface area (Å²) >= 11 is 0. The first-order chi connectivity index (χ1) is 7.81. The Labute approximate surface area is 99.0 Å². The maximum absolute atomic E-state index is 5.30. The fourth-order valence-corrected chi connectivity index (χ4v) is 1.06. The van der Waals surface area contributed by atoms with E-state index >= 15 is 0 Å². The van der Waals surface area contributed by atoms with Crippen LogP contribution in [0.2, 0.25) is 0 Å².